The van der Waals surface area contributed by atoms with Crippen molar-refractivity contribution in [2.75, 3.05) is 6.61 Å². The van der Waals surface area contributed by atoms with Crippen LogP contribution in [0.25, 0.3) is 0 Å². The summed E-state index contributed by atoms with van der Waals surface area (Å²) in [5, 5.41) is 0. The van der Waals surface area contributed by atoms with Gasteiger partial charge in [0, 0.05) is 6.42 Å². The summed E-state index contributed by atoms with van der Waals surface area (Å²) in [6.07, 6.45) is 0.525. The van der Waals surface area contributed by atoms with Crippen LogP contribution in [0, 0.1) is 11.3 Å². The molecule has 0 aliphatic rings. The van der Waals surface area contributed by atoms with Crippen molar-refractivity contribution in [2.24, 2.45) is 11.3 Å². The summed E-state index contributed by atoms with van der Waals surface area (Å²) < 4.78 is 4.87. The minimum absolute atomic E-state index is 0.0834. The highest BCUT2D eigenvalue weighted by molar-refractivity contribution is 5.69. The zero-order chi connectivity index (χ0) is 9.78. The van der Waals surface area contributed by atoms with Crippen LogP contribution in [-0.4, -0.2) is 12.6 Å². The average molecular weight is 172 g/mol. The Morgan fingerprint density at radius 3 is 2.25 bits per heavy atom. The zero-order valence-corrected chi connectivity index (χ0v) is 8.81. The van der Waals surface area contributed by atoms with Crippen molar-refractivity contribution in [1.82, 2.24) is 0 Å². The van der Waals surface area contributed by atoms with E-state index < -0.39 is 0 Å². The molecule has 12 heavy (non-hydrogen) atoms. The maximum atomic E-state index is 11.1. The topological polar surface area (TPSA) is 26.3 Å². The largest absolute Gasteiger partial charge is 0.466 e. The molecule has 0 N–H and O–H groups in total. The fraction of sp³-hybridized carbons (Fsp3) is 0.900. The molecule has 0 saturated carbocycles. The molecule has 2 nitrogen and oxygen atoms in total. The van der Waals surface area contributed by atoms with Gasteiger partial charge in [0.15, 0.2) is 0 Å². The highest BCUT2D eigenvalue weighted by Crippen LogP contribution is 2.28. The van der Waals surface area contributed by atoms with Crippen LogP contribution in [0.4, 0.5) is 0 Å². The molecule has 2 heteroatoms. The molecule has 0 radical (unpaired) electrons. The van der Waals surface area contributed by atoms with E-state index in [1.807, 2.05) is 6.92 Å². The second-order valence-electron chi connectivity index (χ2n) is 4.28. The molecule has 0 saturated heterocycles. The lowest BCUT2D eigenvalue weighted by Gasteiger charge is -2.26. The van der Waals surface area contributed by atoms with Gasteiger partial charge >= 0.3 is 5.97 Å². The molecule has 1 unspecified atom stereocenters. The van der Waals surface area contributed by atoms with Crippen LogP contribution in [0.5, 0.6) is 0 Å². The number of esters is 1. The van der Waals surface area contributed by atoms with Gasteiger partial charge in [0.05, 0.1) is 6.61 Å². The van der Waals surface area contributed by atoms with E-state index in [9.17, 15) is 4.79 Å². The van der Waals surface area contributed by atoms with Gasteiger partial charge in [-0.3, -0.25) is 4.79 Å². The lowest BCUT2D eigenvalue weighted by molar-refractivity contribution is -0.145. The van der Waals surface area contributed by atoms with Crippen LogP contribution in [0.3, 0.4) is 0 Å². The van der Waals surface area contributed by atoms with Crippen LogP contribution in [0.1, 0.15) is 41.0 Å². The van der Waals surface area contributed by atoms with Crippen LogP contribution < -0.4 is 0 Å². The van der Waals surface area contributed by atoms with Crippen molar-refractivity contribution in [3.05, 3.63) is 0 Å². The molecule has 0 bridgehead atoms. The molecule has 0 aromatic rings. The van der Waals surface area contributed by atoms with Crippen molar-refractivity contribution in [2.45, 2.75) is 41.0 Å². The maximum Gasteiger partial charge on any atom is 0.306 e. The number of hydrogen-bond acceptors (Lipinski definition) is 2. The SMILES string of the molecule is CCOC(=O)CC(C)C(C)(C)C. The van der Waals surface area contributed by atoms with Crippen molar-refractivity contribution < 1.29 is 9.53 Å². The number of carbonyl (C=O) groups is 1. The van der Waals surface area contributed by atoms with Crippen molar-refractivity contribution in [3.8, 4) is 0 Å². The highest BCUT2D eigenvalue weighted by atomic mass is 16.5. The van der Waals surface area contributed by atoms with E-state index in [0.29, 0.717) is 18.9 Å². The Balaban J connectivity index is 3.84. The normalized spacial score (nSPS) is 14.1. The first-order valence-corrected chi connectivity index (χ1v) is 4.53. The molecule has 0 heterocycles. The Morgan fingerprint density at radius 2 is 1.92 bits per heavy atom. The Bertz CT molecular complexity index is 144. The first kappa shape index (κ1) is 11.5. The smallest absolute Gasteiger partial charge is 0.306 e. The van der Waals surface area contributed by atoms with E-state index in [-0.39, 0.29) is 11.4 Å². The molecular formula is C10H20O2. The fourth-order valence-corrected chi connectivity index (χ4v) is 0.776. The first-order valence-electron chi connectivity index (χ1n) is 4.53. The fourth-order valence-electron chi connectivity index (χ4n) is 0.776. The molecule has 0 aliphatic carbocycles. The lowest BCUT2D eigenvalue weighted by atomic mass is 9.80. The number of carbonyl (C=O) groups excluding carboxylic acids is 1. The molecule has 0 fully saturated rings. The van der Waals surface area contributed by atoms with Gasteiger partial charge in [-0.2, -0.15) is 0 Å². The van der Waals surface area contributed by atoms with Gasteiger partial charge in [-0.25, -0.2) is 0 Å². The first-order chi connectivity index (χ1) is 5.38. The summed E-state index contributed by atoms with van der Waals surface area (Å²) in [5.74, 6) is 0.288. The van der Waals surface area contributed by atoms with E-state index in [1.54, 1.807) is 0 Å². The third kappa shape index (κ3) is 4.37. The molecule has 0 spiro atoms. The Morgan fingerprint density at radius 1 is 1.42 bits per heavy atom. The molecule has 0 rings (SSSR count). The lowest BCUT2D eigenvalue weighted by Crippen LogP contribution is -2.21. The van der Waals surface area contributed by atoms with Gasteiger partial charge in [-0.05, 0) is 18.3 Å². The molecule has 0 aliphatic heterocycles. The summed E-state index contributed by atoms with van der Waals surface area (Å²) in [4.78, 5) is 11.1. The standard InChI is InChI=1S/C10H20O2/c1-6-12-9(11)7-8(2)10(3,4)5/h8H,6-7H2,1-5H3. The van der Waals surface area contributed by atoms with E-state index in [4.69, 9.17) is 4.74 Å². The second-order valence-corrected chi connectivity index (χ2v) is 4.28. The number of rotatable bonds is 3. The third-order valence-electron chi connectivity index (χ3n) is 2.26. The molecule has 72 valence electrons. The van der Waals surface area contributed by atoms with Crippen molar-refractivity contribution in [1.29, 1.82) is 0 Å². The molecule has 0 aromatic carbocycles. The van der Waals surface area contributed by atoms with Crippen molar-refractivity contribution in [3.63, 3.8) is 0 Å². The molecular weight excluding hydrogens is 152 g/mol. The molecule has 0 aromatic heterocycles. The average Bonchev–Trinajstić information content (AvgIpc) is 1.85. The van der Waals surface area contributed by atoms with Gasteiger partial charge in [-0.15, -0.1) is 0 Å². The van der Waals surface area contributed by atoms with Gasteiger partial charge in [-0.1, -0.05) is 27.7 Å². The van der Waals surface area contributed by atoms with E-state index >= 15 is 0 Å². The van der Waals surface area contributed by atoms with Crippen LogP contribution in [0.15, 0.2) is 0 Å². The Kier molecular flexibility index (Phi) is 4.29. The summed E-state index contributed by atoms with van der Waals surface area (Å²) in [7, 11) is 0. The molecule has 0 amide bonds. The third-order valence-corrected chi connectivity index (χ3v) is 2.26. The van der Waals surface area contributed by atoms with Gasteiger partial charge in [0.2, 0.25) is 0 Å². The second kappa shape index (κ2) is 4.48. The Labute approximate surface area is 75.3 Å². The summed E-state index contributed by atoms with van der Waals surface area (Å²) in [6, 6.07) is 0. The van der Waals surface area contributed by atoms with Crippen molar-refractivity contribution >= 4 is 5.97 Å². The summed E-state index contributed by atoms with van der Waals surface area (Å²) in [5.41, 5.74) is 0.187. The highest BCUT2D eigenvalue weighted by Gasteiger charge is 2.22. The number of hydrogen-bond donors (Lipinski definition) is 0. The van der Waals surface area contributed by atoms with Gasteiger partial charge in [0.1, 0.15) is 0 Å². The van der Waals surface area contributed by atoms with Crippen LogP contribution >= 0.6 is 0 Å². The number of ether oxygens (including phenoxy) is 1. The Hall–Kier alpha value is -0.530. The van der Waals surface area contributed by atoms with E-state index in [0.717, 1.165) is 0 Å². The maximum absolute atomic E-state index is 11.1. The minimum atomic E-state index is -0.0834. The predicted molar refractivity (Wildman–Crippen MR) is 49.9 cm³/mol. The summed E-state index contributed by atoms with van der Waals surface area (Å²) >= 11 is 0. The summed E-state index contributed by atoms with van der Waals surface area (Å²) in [6.45, 7) is 10.8. The van der Waals surface area contributed by atoms with Crippen LogP contribution in [-0.2, 0) is 9.53 Å². The zero-order valence-electron chi connectivity index (χ0n) is 8.81. The van der Waals surface area contributed by atoms with E-state index in [1.165, 1.54) is 0 Å². The van der Waals surface area contributed by atoms with Gasteiger partial charge in [0.25, 0.3) is 0 Å². The quantitative estimate of drug-likeness (QED) is 0.612. The monoisotopic (exact) mass is 172 g/mol. The minimum Gasteiger partial charge on any atom is -0.466 e. The predicted octanol–water partition coefficient (Wildman–Crippen LogP) is 2.62. The van der Waals surface area contributed by atoms with Crippen LogP contribution in [0.2, 0.25) is 0 Å². The van der Waals surface area contributed by atoms with E-state index in [2.05, 4.69) is 27.7 Å². The molecule has 1 atom stereocenters. The van der Waals surface area contributed by atoms with Gasteiger partial charge < -0.3 is 4.74 Å².